The standard InChI is InChI=1S/C16H18ClN5O2/c1-4-5-22-9-18-13-14(20-16(17)21-15(13)22)19-10-6-11(23-2)8-12(7-10)24-3/h6-9H,4-5H2,1-3H3,(H,19,20,21). The van der Waals surface area contributed by atoms with E-state index < -0.39 is 0 Å². The number of halogens is 1. The van der Waals surface area contributed by atoms with Gasteiger partial charge in [0.1, 0.15) is 11.5 Å². The molecular formula is C16H18ClN5O2. The lowest BCUT2D eigenvalue weighted by Crippen LogP contribution is -2.01. The van der Waals surface area contributed by atoms with Crippen molar-refractivity contribution in [1.29, 1.82) is 0 Å². The lowest BCUT2D eigenvalue weighted by Gasteiger charge is -2.11. The van der Waals surface area contributed by atoms with Crippen LogP contribution in [0, 0.1) is 0 Å². The summed E-state index contributed by atoms with van der Waals surface area (Å²) in [6, 6.07) is 5.48. The number of fused-ring (bicyclic) bond motifs is 1. The van der Waals surface area contributed by atoms with E-state index in [0.29, 0.717) is 28.5 Å². The molecule has 0 bridgehead atoms. The fourth-order valence-electron chi connectivity index (χ4n) is 2.43. The molecule has 2 heterocycles. The number of aryl methyl sites for hydroxylation is 1. The van der Waals surface area contributed by atoms with Crippen molar-refractivity contribution in [3.05, 3.63) is 29.8 Å². The number of nitrogens with one attached hydrogen (secondary N) is 1. The monoisotopic (exact) mass is 347 g/mol. The normalized spacial score (nSPS) is 10.8. The van der Waals surface area contributed by atoms with Crippen LogP contribution in [-0.4, -0.2) is 33.7 Å². The van der Waals surface area contributed by atoms with Crippen molar-refractivity contribution in [3.8, 4) is 11.5 Å². The molecular weight excluding hydrogens is 330 g/mol. The number of rotatable bonds is 6. The fourth-order valence-corrected chi connectivity index (χ4v) is 2.59. The third-order valence-electron chi connectivity index (χ3n) is 3.52. The number of hydrogen-bond acceptors (Lipinski definition) is 6. The van der Waals surface area contributed by atoms with E-state index in [4.69, 9.17) is 21.1 Å². The van der Waals surface area contributed by atoms with Gasteiger partial charge in [0.2, 0.25) is 5.28 Å². The third kappa shape index (κ3) is 3.21. The van der Waals surface area contributed by atoms with Crippen LogP contribution >= 0.6 is 11.6 Å². The average molecular weight is 348 g/mol. The molecule has 0 fully saturated rings. The summed E-state index contributed by atoms with van der Waals surface area (Å²) in [5.41, 5.74) is 2.12. The number of imidazole rings is 1. The van der Waals surface area contributed by atoms with Gasteiger partial charge >= 0.3 is 0 Å². The third-order valence-corrected chi connectivity index (χ3v) is 3.68. The Kier molecular flexibility index (Phi) is 4.71. The van der Waals surface area contributed by atoms with E-state index in [0.717, 1.165) is 18.7 Å². The molecule has 0 aliphatic carbocycles. The van der Waals surface area contributed by atoms with Crippen LogP contribution in [0.4, 0.5) is 11.5 Å². The highest BCUT2D eigenvalue weighted by molar-refractivity contribution is 6.28. The quantitative estimate of drug-likeness (QED) is 0.686. The summed E-state index contributed by atoms with van der Waals surface area (Å²) < 4.78 is 12.5. The molecule has 0 saturated heterocycles. The van der Waals surface area contributed by atoms with E-state index in [1.54, 1.807) is 26.6 Å². The van der Waals surface area contributed by atoms with Crippen LogP contribution < -0.4 is 14.8 Å². The van der Waals surface area contributed by atoms with E-state index in [-0.39, 0.29) is 5.28 Å². The van der Waals surface area contributed by atoms with Crippen molar-refractivity contribution in [1.82, 2.24) is 19.5 Å². The van der Waals surface area contributed by atoms with Gasteiger partial charge in [0.05, 0.1) is 20.5 Å². The van der Waals surface area contributed by atoms with Gasteiger partial charge in [-0.1, -0.05) is 6.92 Å². The molecule has 0 unspecified atom stereocenters. The highest BCUT2D eigenvalue weighted by Gasteiger charge is 2.13. The highest BCUT2D eigenvalue weighted by atomic mass is 35.5. The number of anilines is 2. The number of hydrogen-bond donors (Lipinski definition) is 1. The molecule has 8 heteroatoms. The summed E-state index contributed by atoms with van der Waals surface area (Å²) in [4.78, 5) is 13.0. The zero-order valence-electron chi connectivity index (χ0n) is 13.7. The Balaban J connectivity index is 2.04. The van der Waals surface area contributed by atoms with Gasteiger partial charge < -0.3 is 19.4 Å². The lowest BCUT2D eigenvalue weighted by atomic mass is 10.2. The van der Waals surface area contributed by atoms with Gasteiger partial charge in [-0.15, -0.1) is 0 Å². The zero-order chi connectivity index (χ0) is 17.1. The first kappa shape index (κ1) is 16.3. The summed E-state index contributed by atoms with van der Waals surface area (Å²) in [6.45, 7) is 2.91. The number of benzene rings is 1. The first-order valence-electron chi connectivity index (χ1n) is 7.53. The molecule has 0 aliphatic rings. The van der Waals surface area contributed by atoms with Crippen LogP contribution in [0.25, 0.3) is 11.2 Å². The smallest absolute Gasteiger partial charge is 0.226 e. The molecule has 0 amide bonds. The van der Waals surface area contributed by atoms with Gasteiger partial charge in [-0.25, -0.2) is 4.98 Å². The number of nitrogens with zero attached hydrogens (tertiary/aromatic N) is 4. The summed E-state index contributed by atoms with van der Waals surface area (Å²) in [6.07, 6.45) is 2.72. The maximum Gasteiger partial charge on any atom is 0.226 e. The highest BCUT2D eigenvalue weighted by Crippen LogP contribution is 2.30. The molecule has 0 aliphatic heterocycles. The van der Waals surface area contributed by atoms with Gasteiger partial charge in [-0.2, -0.15) is 9.97 Å². The lowest BCUT2D eigenvalue weighted by molar-refractivity contribution is 0.395. The van der Waals surface area contributed by atoms with Gasteiger partial charge in [0, 0.05) is 30.4 Å². The Morgan fingerprint density at radius 1 is 1.12 bits per heavy atom. The van der Waals surface area contributed by atoms with E-state index in [1.165, 1.54) is 0 Å². The summed E-state index contributed by atoms with van der Waals surface area (Å²) in [7, 11) is 3.20. The molecule has 3 aromatic rings. The van der Waals surface area contributed by atoms with Crippen molar-refractivity contribution < 1.29 is 9.47 Å². The van der Waals surface area contributed by atoms with Crippen molar-refractivity contribution in [2.24, 2.45) is 0 Å². The largest absolute Gasteiger partial charge is 0.497 e. The molecule has 7 nitrogen and oxygen atoms in total. The Bertz CT molecular complexity index is 843. The van der Waals surface area contributed by atoms with E-state index in [1.807, 2.05) is 16.7 Å². The minimum Gasteiger partial charge on any atom is -0.497 e. The minimum atomic E-state index is 0.165. The molecule has 0 saturated carbocycles. The van der Waals surface area contributed by atoms with Crippen LogP contribution in [0.15, 0.2) is 24.5 Å². The second-order valence-corrected chi connectivity index (χ2v) is 5.52. The summed E-state index contributed by atoms with van der Waals surface area (Å²) >= 11 is 6.08. The van der Waals surface area contributed by atoms with Crippen molar-refractivity contribution in [2.75, 3.05) is 19.5 Å². The summed E-state index contributed by atoms with van der Waals surface area (Å²) in [5.74, 6) is 1.88. The first-order valence-corrected chi connectivity index (χ1v) is 7.91. The topological polar surface area (TPSA) is 74.1 Å². The van der Waals surface area contributed by atoms with E-state index in [9.17, 15) is 0 Å². The van der Waals surface area contributed by atoms with Crippen molar-refractivity contribution in [3.63, 3.8) is 0 Å². The molecule has 3 rings (SSSR count). The second-order valence-electron chi connectivity index (χ2n) is 5.18. The predicted octanol–water partition coefficient (Wildman–Crippen LogP) is 3.65. The van der Waals surface area contributed by atoms with Crippen LogP contribution in [0.5, 0.6) is 11.5 Å². The Morgan fingerprint density at radius 2 is 1.83 bits per heavy atom. The number of aromatic nitrogens is 4. The maximum atomic E-state index is 6.08. The van der Waals surface area contributed by atoms with Crippen molar-refractivity contribution in [2.45, 2.75) is 19.9 Å². The van der Waals surface area contributed by atoms with Crippen LogP contribution in [0.3, 0.4) is 0 Å². The minimum absolute atomic E-state index is 0.165. The van der Waals surface area contributed by atoms with Gasteiger partial charge in [-0.3, -0.25) is 0 Å². The van der Waals surface area contributed by atoms with Crippen molar-refractivity contribution >= 4 is 34.3 Å². The first-order chi connectivity index (χ1) is 11.6. The Morgan fingerprint density at radius 3 is 2.46 bits per heavy atom. The Labute approximate surface area is 144 Å². The number of ether oxygens (including phenoxy) is 2. The second kappa shape index (κ2) is 6.92. The van der Waals surface area contributed by atoms with Crippen LogP contribution in [0.2, 0.25) is 5.28 Å². The van der Waals surface area contributed by atoms with Gasteiger partial charge in [-0.05, 0) is 18.0 Å². The van der Waals surface area contributed by atoms with Gasteiger partial charge in [0.15, 0.2) is 17.0 Å². The number of methoxy groups -OCH3 is 2. The molecule has 2 aromatic heterocycles. The van der Waals surface area contributed by atoms with E-state index in [2.05, 4.69) is 27.2 Å². The molecule has 0 spiro atoms. The van der Waals surface area contributed by atoms with Crippen LogP contribution in [-0.2, 0) is 6.54 Å². The zero-order valence-corrected chi connectivity index (χ0v) is 14.5. The predicted molar refractivity (Wildman–Crippen MR) is 93.5 cm³/mol. The Hall–Kier alpha value is -2.54. The molecule has 24 heavy (non-hydrogen) atoms. The SMILES string of the molecule is CCCn1cnc2c(Nc3cc(OC)cc(OC)c3)nc(Cl)nc21. The summed E-state index contributed by atoms with van der Waals surface area (Å²) in [5, 5.41) is 3.39. The average Bonchev–Trinajstić information content (AvgIpc) is 2.98. The molecule has 1 aromatic carbocycles. The van der Waals surface area contributed by atoms with Gasteiger partial charge in [0.25, 0.3) is 0 Å². The fraction of sp³-hybridized carbons (Fsp3) is 0.312. The molecule has 0 atom stereocenters. The molecule has 0 radical (unpaired) electrons. The van der Waals surface area contributed by atoms with Crippen LogP contribution in [0.1, 0.15) is 13.3 Å². The van der Waals surface area contributed by atoms with E-state index >= 15 is 0 Å². The maximum absolute atomic E-state index is 6.08. The molecule has 126 valence electrons. The molecule has 1 N–H and O–H groups in total.